The van der Waals surface area contributed by atoms with E-state index in [4.69, 9.17) is 14.6 Å². The van der Waals surface area contributed by atoms with Gasteiger partial charge in [-0.3, -0.25) is 4.68 Å². The zero-order valence-electron chi connectivity index (χ0n) is 17.0. The number of rotatable bonds is 7. The van der Waals surface area contributed by atoms with Gasteiger partial charge in [-0.1, -0.05) is 5.21 Å². The number of fused-ring (bicyclic) bond motifs is 1. The first-order valence-electron chi connectivity index (χ1n) is 9.24. The summed E-state index contributed by atoms with van der Waals surface area (Å²) in [5.74, 6) is -2.78. The molecule has 0 bridgehead atoms. The molecular weight excluding hydrogens is 431 g/mol. The van der Waals surface area contributed by atoms with Gasteiger partial charge in [0.15, 0.2) is 0 Å². The highest BCUT2D eigenvalue weighted by molar-refractivity contribution is 7.90. The van der Waals surface area contributed by atoms with Crippen LogP contribution in [0.3, 0.4) is 0 Å². The quantitative estimate of drug-likeness (QED) is 0.586. The van der Waals surface area contributed by atoms with Crippen molar-refractivity contribution in [1.82, 2.24) is 24.2 Å². The second-order valence-corrected chi connectivity index (χ2v) is 9.67. The third-order valence-corrected chi connectivity index (χ3v) is 6.94. The number of carbonyl (C=O) groups is 1. The van der Waals surface area contributed by atoms with Gasteiger partial charge in [-0.25, -0.2) is 13.2 Å². The average molecular weight is 457 g/mol. The lowest BCUT2D eigenvalue weighted by molar-refractivity contribution is -0.192. The van der Waals surface area contributed by atoms with Crippen LogP contribution in [0.1, 0.15) is 30.1 Å². The third-order valence-electron chi connectivity index (χ3n) is 4.63. The van der Waals surface area contributed by atoms with Crippen molar-refractivity contribution in [2.75, 3.05) is 40.4 Å². The minimum atomic E-state index is -5.08. The second-order valence-electron chi connectivity index (χ2n) is 7.46. The first-order valence-corrected chi connectivity index (χ1v) is 10.7. The Morgan fingerprint density at radius 3 is 2.43 bits per heavy atom. The van der Waals surface area contributed by atoms with Gasteiger partial charge in [0.2, 0.25) is 10.0 Å². The molecular formula is C16H26F3N5O5S. The fourth-order valence-corrected chi connectivity index (χ4v) is 4.80. The van der Waals surface area contributed by atoms with Crippen molar-refractivity contribution >= 4 is 16.0 Å². The van der Waals surface area contributed by atoms with E-state index >= 15 is 0 Å². The molecule has 1 aromatic rings. The van der Waals surface area contributed by atoms with Crippen LogP contribution in [-0.4, -0.2) is 95.5 Å². The van der Waals surface area contributed by atoms with Gasteiger partial charge < -0.3 is 14.7 Å². The summed E-state index contributed by atoms with van der Waals surface area (Å²) in [5.41, 5.74) is 1.75. The molecule has 0 spiro atoms. The van der Waals surface area contributed by atoms with Crippen molar-refractivity contribution in [2.45, 2.75) is 36.7 Å². The molecule has 1 aromatic heterocycles. The average Bonchev–Trinajstić information content (AvgIpc) is 3.42. The maximum atomic E-state index is 12.6. The molecule has 172 valence electrons. The van der Waals surface area contributed by atoms with Crippen molar-refractivity contribution < 1.29 is 36.2 Å². The number of hydrogen-bond donors (Lipinski definition) is 1. The van der Waals surface area contributed by atoms with Gasteiger partial charge in [0.25, 0.3) is 0 Å². The van der Waals surface area contributed by atoms with Crippen molar-refractivity contribution in [3.63, 3.8) is 0 Å². The molecule has 3 rings (SSSR count). The number of alkyl halides is 3. The Kier molecular flexibility index (Phi) is 7.82. The first-order chi connectivity index (χ1) is 13.8. The van der Waals surface area contributed by atoms with E-state index in [0.717, 1.165) is 30.8 Å². The molecule has 1 unspecified atom stereocenters. The molecule has 30 heavy (non-hydrogen) atoms. The number of carboxylic acids is 1. The minimum absolute atomic E-state index is 0.0190. The number of aryl methyl sites for hydroxylation is 1. The smallest absolute Gasteiger partial charge is 0.475 e. The predicted molar refractivity (Wildman–Crippen MR) is 99.2 cm³/mol. The molecule has 2 aliphatic rings. The summed E-state index contributed by atoms with van der Waals surface area (Å²) >= 11 is 0. The van der Waals surface area contributed by atoms with E-state index in [2.05, 4.69) is 15.2 Å². The summed E-state index contributed by atoms with van der Waals surface area (Å²) in [6, 6.07) is 0. The van der Waals surface area contributed by atoms with E-state index in [9.17, 15) is 21.6 Å². The second kappa shape index (κ2) is 9.58. The number of aromatic nitrogens is 3. The number of carboxylic acid groups (broad SMARTS) is 1. The topological polar surface area (TPSA) is 118 Å². The van der Waals surface area contributed by atoms with Gasteiger partial charge in [0.1, 0.15) is 5.69 Å². The summed E-state index contributed by atoms with van der Waals surface area (Å²) in [4.78, 5) is 11.0. The molecule has 1 fully saturated rings. The summed E-state index contributed by atoms with van der Waals surface area (Å²) in [5, 5.41) is 15.1. The molecule has 1 aliphatic carbocycles. The van der Waals surface area contributed by atoms with Crippen molar-refractivity contribution in [1.29, 1.82) is 0 Å². The minimum Gasteiger partial charge on any atom is -0.475 e. The number of aliphatic carboxylic acids is 1. The normalized spacial score (nSPS) is 19.9. The van der Waals surface area contributed by atoms with E-state index in [1.165, 1.54) is 0 Å². The highest BCUT2D eigenvalue weighted by Crippen LogP contribution is 2.36. The van der Waals surface area contributed by atoms with Gasteiger partial charge in [-0.2, -0.15) is 17.5 Å². The van der Waals surface area contributed by atoms with E-state index in [1.54, 1.807) is 8.99 Å². The van der Waals surface area contributed by atoms with Crippen LogP contribution in [0.5, 0.6) is 0 Å². The Morgan fingerprint density at radius 1 is 1.33 bits per heavy atom. The maximum absolute atomic E-state index is 12.6. The number of halogens is 3. The van der Waals surface area contributed by atoms with E-state index in [0.29, 0.717) is 26.3 Å². The molecule has 1 aliphatic heterocycles. The van der Waals surface area contributed by atoms with Crippen molar-refractivity contribution in [2.24, 2.45) is 7.05 Å². The van der Waals surface area contributed by atoms with Gasteiger partial charge in [-0.15, -0.1) is 5.10 Å². The highest BCUT2D eigenvalue weighted by Gasteiger charge is 2.44. The number of sulfonamides is 1. The lowest BCUT2D eigenvalue weighted by Crippen LogP contribution is -2.41. The zero-order chi connectivity index (χ0) is 22.7. The number of nitrogens with zero attached hydrogens (tertiary/aromatic N) is 5. The highest BCUT2D eigenvalue weighted by atomic mass is 32.2. The van der Waals surface area contributed by atoms with Crippen LogP contribution >= 0.6 is 0 Å². The Hall–Kier alpha value is -1.77. The summed E-state index contributed by atoms with van der Waals surface area (Å²) in [6.45, 7) is 2.73. The SMILES string of the molecule is CN(C)CCOCC1CN(S(=O)(=O)C2CC2)Cc2nnn(C)c21.O=C(O)C(F)(F)F. The zero-order valence-corrected chi connectivity index (χ0v) is 17.8. The Bertz CT molecular complexity index is 839. The van der Waals surface area contributed by atoms with Crippen LogP contribution in [-0.2, 0) is 33.1 Å². The first kappa shape index (κ1) is 24.5. The monoisotopic (exact) mass is 457 g/mol. The molecule has 2 heterocycles. The van der Waals surface area contributed by atoms with Crippen LogP contribution in [0, 0.1) is 0 Å². The van der Waals surface area contributed by atoms with Crippen LogP contribution in [0.2, 0.25) is 0 Å². The number of likely N-dealkylation sites (N-methyl/N-ethyl adjacent to an activating group) is 1. The molecule has 0 aromatic carbocycles. The van der Waals surface area contributed by atoms with Crippen molar-refractivity contribution in [3.05, 3.63) is 11.4 Å². The predicted octanol–water partition coefficient (Wildman–Crippen LogP) is 0.418. The Labute approximate surface area is 172 Å². The van der Waals surface area contributed by atoms with Gasteiger partial charge >= 0.3 is 12.1 Å². The molecule has 0 amide bonds. The molecule has 1 N–H and O–H groups in total. The molecule has 0 radical (unpaired) electrons. The lowest BCUT2D eigenvalue weighted by atomic mass is 10.0. The fourth-order valence-electron chi connectivity index (χ4n) is 2.96. The van der Waals surface area contributed by atoms with Crippen LogP contribution in [0.15, 0.2) is 0 Å². The molecule has 1 atom stereocenters. The van der Waals surface area contributed by atoms with E-state index in [-0.39, 0.29) is 11.2 Å². The summed E-state index contributed by atoms with van der Waals surface area (Å²) in [7, 11) is 2.64. The van der Waals surface area contributed by atoms with Crippen LogP contribution < -0.4 is 0 Å². The Morgan fingerprint density at radius 2 is 1.93 bits per heavy atom. The largest absolute Gasteiger partial charge is 0.490 e. The van der Waals surface area contributed by atoms with Gasteiger partial charge in [0.05, 0.1) is 30.7 Å². The Balaban J connectivity index is 0.000000396. The third kappa shape index (κ3) is 6.36. The summed E-state index contributed by atoms with van der Waals surface area (Å²) < 4.78 is 65.9. The fraction of sp³-hybridized carbons (Fsp3) is 0.812. The lowest BCUT2D eigenvalue weighted by Gasteiger charge is -2.31. The van der Waals surface area contributed by atoms with Gasteiger partial charge in [-0.05, 0) is 26.9 Å². The van der Waals surface area contributed by atoms with Crippen LogP contribution in [0.4, 0.5) is 13.2 Å². The van der Waals surface area contributed by atoms with Crippen molar-refractivity contribution in [3.8, 4) is 0 Å². The standard InChI is InChI=1S/C14H25N5O3S.C2HF3O2/c1-17(2)6-7-22-10-11-8-19(23(20,21)12-4-5-12)9-13-14(11)18(3)16-15-13;3-2(4,5)1(6)7/h11-12H,4-10H2,1-3H3;(H,6,7). The van der Waals surface area contributed by atoms with E-state index in [1.807, 2.05) is 21.1 Å². The number of hydrogen-bond acceptors (Lipinski definition) is 7. The molecule has 1 saturated carbocycles. The maximum Gasteiger partial charge on any atom is 0.490 e. The summed E-state index contributed by atoms with van der Waals surface area (Å²) in [6.07, 6.45) is -3.54. The molecule has 14 heteroatoms. The molecule has 10 nitrogen and oxygen atoms in total. The van der Waals surface area contributed by atoms with Crippen LogP contribution in [0.25, 0.3) is 0 Å². The molecule has 0 saturated heterocycles. The number of ether oxygens (including phenoxy) is 1. The van der Waals surface area contributed by atoms with E-state index < -0.39 is 22.2 Å². The van der Waals surface area contributed by atoms with Gasteiger partial charge in [0, 0.05) is 26.1 Å².